The lowest BCUT2D eigenvalue weighted by molar-refractivity contribution is 0.194. The van der Waals surface area contributed by atoms with Crippen LogP contribution in [0.3, 0.4) is 0 Å². The van der Waals surface area contributed by atoms with E-state index < -0.39 is 6.09 Å². The second-order valence-corrected chi connectivity index (χ2v) is 3.91. The number of fused-ring (bicyclic) bond motifs is 1. The van der Waals surface area contributed by atoms with Gasteiger partial charge in [0, 0.05) is 0 Å². The molecule has 5 heteroatoms. The van der Waals surface area contributed by atoms with E-state index in [1.807, 2.05) is 6.07 Å². The van der Waals surface area contributed by atoms with Crippen LogP contribution in [0.1, 0.15) is 0 Å². The molecule has 1 N–H and O–H groups in total. The van der Waals surface area contributed by atoms with Gasteiger partial charge in [0.25, 0.3) is 0 Å². The summed E-state index contributed by atoms with van der Waals surface area (Å²) >= 11 is 3.24. The Hall–Kier alpha value is -1.23. The van der Waals surface area contributed by atoms with Crippen molar-refractivity contribution in [1.29, 1.82) is 0 Å². The predicted octanol–water partition coefficient (Wildman–Crippen LogP) is 2.28. The van der Waals surface area contributed by atoms with Crippen molar-refractivity contribution in [2.24, 2.45) is 0 Å². The molecule has 0 spiro atoms. The summed E-state index contributed by atoms with van der Waals surface area (Å²) in [5.41, 5.74) is 0.593. The first kappa shape index (κ1) is 9.33. The van der Waals surface area contributed by atoms with E-state index in [1.54, 1.807) is 18.2 Å². The number of hydrogen-bond acceptors (Lipinski definition) is 2. The molecule has 1 aromatic rings. The van der Waals surface area contributed by atoms with Crippen molar-refractivity contribution in [3.05, 3.63) is 24.3 Å². The number of alkyl halides is 1. The van der Waals surface area contributed by atoms with Gasteiger partial charge in [-0.3, -0.25) is 4.90 Å². The molecule has 0 saturated carbocycles. The Bertz CT molecular complexity index is 369. The lowest BCUT2D eigenvalue weighted by atomic mass is 10.2. The fourth-order valence-corrected chi connectivity index (χ4v) is 1.87. The van der Waals surface area contributed by atoms with Gasteiger partial charge in [-0.25, -0.2) is 4.79 Å². The van der Waals surface area contributed by atoms with Gasteiger partial charge in [0.15, 0.2) is 5.01 Å². The van der Waals surface area contributed by atoms with Crippen molar-refractivity contribution in [3.63, 3.8) is 0 Å². The molecule has 1 unspecified atom stereocenters. The third-order valence-electron chi connectivity index (χ3n) is 1.97. The lowest BCUT2D eigenvalue weighted by Gasteiger charge is -2.30. The SMILES string of the molecule is O=C(O)N1CC(Br)Oc2ccccc21. The molecule has 1 aliphatic heterocycles. The Labute approximate surface area is 89.2 Å². The van der Waals surface area contributed by atoms with Crippen molar-refractivity contribution in [1.82, 2.24) is 0 Å². The summed E-state index contributed by atoms with van der Waals surface area (Å²) in [6.07, 6.45) is -0.967. The zero-order chi connectivity index (χ0) is 10.1. The number of halogens is 1. The number of para-hydroxylation sites is 2. The fourth-order valence-electron chi connectivity index (χ4n) is 1.38. The number of anilines is 1. The number of ether oxygens (including phenoxy) is 1. The van der Waals surface area contributed by atoms with Crippen LogP contribution in [0.5, 0.6) is 5.75 Å². The molecule has 0 aliphatic carbocycles. The van der Waals surface area contributed by atoms with Crippen molar-refractivity contribution < 1.29 is 14.6 Å². The number of nitrogens with zero attached hydrogens (tertiary/aromatic N) is 1. The van der Waals surface area contributed by atoms with Crippen LogP contribution in [0.15, 0.2) is 24.3 Å². The average Bonchev–Trinajstić information content (AvgIpc) is 2.16. The summed E-state index contributed by atoms with van der Waals surface area (Å²) in [6.45, 7) is 0.298. The van der Waals surface area contributed by atoms with E-state index in [4.69, 9.17) is 9.84 Å². The molecule has 0 fully saturated rings. The number of amides is 1. The van der Waals surface area contributed by atoms with Crippen LogP contribution in [0.4, 0.5) is 10.5 Å². The highest BCUT2D eigenvalue weighted by atomic mass is 79.9. The summed E-state index contributed by atoms with van der Waals surface area (Å²) in [6, 6.07) is 7.07. The quantitative estimate of drug-likeness (QED) is 0.726. The number of hydrogen-bond donors (Lipinski definition) is 1. The van der Waals surface area contributed by atoms with E-state index in [-0.39, 0.29) is 5.01 Å². The molecule has 1 heterocycles. The Kier molecular flexibility index (Phi) is 2.33. The van der Waals surface area contributed by atoms with Gasteiger partial charge in [-0.15, -0.1) is 0 Å². The number of carbonyl (C=O) groups is 1. The lowest BCUT2D eigenvalue weighted by Crippen LogP contribution is -2.40. The number of rotatable bonds is 0. The van der Waals surface area contributed by atoms with Crippen LogP contribution in [-0.4, -0.2) is 22.8 Å². The average molecular weight is 258 g/mol. The van der Waals surface area contributed by atoms with Gasteiger partial charge in [0.2, 0.25) is 0 Å². The molecular weight excluding hydrogens is 250 g/mol. The summed E-state index contributed by atoms with van der Waals surface area (Å²) in [5, 5.41) is 8.67. The molecule has 2 rings (SSSR count). The standard InChI is InChI=1S/C9H8BrNO3/c10-8-5-11(9(12)13)6-3-1-2-4-7(6)14-8/h1-4,8H,5H2,(H,12,13). The zero-order valence-electron chi connectivity index (χ0n) is 7.18. The molecule has 1 amide bonds. The number of benzene rings is 1. The summed E-state index contributed by atoms with van der Waals surface area (Å²) in [7, 11) is 0. The van der Waals surface area contributed by atoms with E-state index in [2.05, 4.69) is 15.9 Å². The summed E-state index contributed by atoms with van der Waals surface area (Å²) in [4.78, 5) is 12.2. The number of carboxylic acid groups (broad SMARTS) is 1. The van der Waals surface area contributed by atoms with Gasteiger partial charge in [-0.05, 0) is 28.1 Å². The maximum Gasteiger partial charge on any atom is 0.412 e. The van der Waals surface area contributed by atoms with Gasteiger partial charge >= 0.3 is 6.09 Å². The third kappa shape index (κ3) is 1.55. The van der Waals surface area contributed by atoms with E-state index in [9.17, 15) is 4.79 Å². The Morgan fingerprint density at radius 1 is 1.57 bits per heavy atom. The second-order valence-electron chi connectivity index (χ2n) is 2.89. The molecule has 14 heavy (non-hydrogen) atoms. The highest BCUT2D eigenvalue weighted by Gasteiger charge is 2.27. The van der Waals surface area contributed by atoms with Crippen LogP contribution in [0.2, 0.25) is 0 Å². The molecule has 4 nitrogen and oxygen atoms in total. The van der Waals surface area contributed by atoms with Gasteiger partial charge < -0.3 is 9.84 Å². The Morgan fingerprint density at radius 3 is 3.00 bits per heavy atom. The molecule has 1 aliphatic rings. The van der Waals surface area contributed by atoms with Crippen LogP contribution in [0.25, 0.3) is 0 Å². The first-order chi connectivity index (χ1) is 6.68. The first-order valence-electron chi connectivity index (χ1n) is 4.08. The van der Waals surface area contributed by atoms with Gasteiger partial charge in [-0.1, -0.05) is 12.1 Å². The molecule has 0 bridgehead atoms. The van der Waals surface area contributed by atoms with Gasteiger partial charge in [0.05, 0.1) is 12.2 Å². The van der Waals surface area contributed by atoms with Crippen molar-refractivity contribution >= 4 is 27.7 Å². The second kappa shape index (κ2) is 3.49. The Balaban J connectivity index is 2.43. The monoisotopic (exact) mass is 257 g/mol. The minimum absolute atomic E-state index is 0.284. The third-order valence-corrected chi connectivity index (χ3v) is 2.44. The molecule has 1 aromatic carbocycles. The minimum atomic E-state index is -0.967. The topological polar surface area (TPSA) is 49.8 Å². The smallest absolute Gasteiger partial charge is 0.412 e. The maximum absolute atomic E-state index is 10.9. The predicted molar refractivity (Wildman–Crippen MR) is 55.2 cm³/mol. The first-order valence-corrected chi connectivity index (χ1v) is 5.00. The summed E-state index contributed by atoms with van der Waals surface area (Å²) in [5.74, 6) is 0.586. The van der Waals surface area contributed by atoms with Crippen molar-refractivity contribution in [2.75, 3.05) is 11.4 Å². The maximum atomic E-state index is 10.9. The highest BCUT2D eigenvalue weighted by molar-refractivity contribution is 9.09. The Morgan fingerprint density at radius 2 is 2.29 bits per heavy atom. The van der Waals surface area contributed by atoms with E-state index in [0.717, 1.165) is 0 Å². The van der Waals surface area contributed by atoms with Gasteiger partial charge in [-0.2, -0.15) is 0 Å². The van der Waals surface area contributed by atoms with Crippen LogP contribution >= 0.6 is 15.9 Å². The van der Waals surface area contributed by atoms with Crippen molar-refractivity contribution in [2.45, 2.75) is 5.01 Å². The van der Waals surface area contributed by atoms with E-state index in [1.165, 1.54) is 4.90 Å². The molecule has 74 valence electrons. The zero-order valence-corrected chi connectivity index (χ0v) is 8.77. The molecule has 0 aromatic heterocycles. The van der Waals surface area contributed by atoms with Crippen LogP contribution in [-0.2, 0) is 0 Å². The fraction of sp³-hybridized carbons (Fsp3) is 0.222. The highest BCUT2D eigenvalue weighted by Crippen LogP contribution is 2.34. The molecule has 0 saturated heterocycles. The van der Waals surface area contributed by atoms with Crippen molar-refractivity contribution in [3.8, 4) is 5.75 Å². The molecule has 1 atom stereocenters. The minimum Gasteiger partial charge on any atom is -0.475 e. The van der Waals surface area contributed by atoms with Gasteiger partial charge in [0.1, 0.15) is 5.75 Å². The largest absolute Gasteiger partial charge is 0.475 e. The van der Waals surface area contributed by atoms with Crippen LogP contribution < -0.4 is 9.64 Å². The normalized spacial score (nSPS) is 19.8. The van der Waals surface area contributed by atoms with E-state index in [0.29, 0.717) is 18.0 Å². The summed E-state index contributed by atoms with van der Waals surface area (Å²) < 4.78 is 5.42. The van der Waals surface area contributed by atoms with E-state index >= 15 is 0 Å². The molecule has 0 radical (unpaired) electrons. The van der Waals surface area contributed by atoms with Crippen LogP contribution in [0, 0.1) is 0 Å². The molecular formula is C9H8BrNO3.